The molecule has 1 aromatic rings. The third-order valence-electron chi connectivity index (χ3n) is 4.88. The molecule has 0 radical (unpaired) electrons. The Bertz CT molecular complexity index is 569. The van der Waals surface area contributed by atoms with Gasteiger partial charge in [-0.15, -0.1) is 0 Å². The van der Waals surface area contributed by atoms with Crippen molar-refractivity contribution in [2.45, 2.75) is 43.9 Å². The minimum Gasteiger partial charge on any atom is -0.481 e. The summed E-state index contributed by atoms with van der Waals surface area (Å²) in [4.78, 5) is 22.7. The molecule has 0 aromatic heterocycles. The highest BCUT2D eigenvalue weighted by Gasteiger charge is 2.59. The van der Waals surface area contributed by atoms with E-state index in [4.69, 9.17) is 5.11 Å². The van der Waals surface area contributed by atoms with Crippen molar-refractivity contribution < 1.29 is 14.7 Å². The predicted octanol–water partition coefficient (Wildman–Crippen LogP) is 2.26. The van der Waals surface area contributed by atoms with Gasteiger partial charge in [-0.2, -0.15) is 0 Å². The zero-order valence-electron chi connectivity index (χ0n) is 12.1. The second-order valence-corrected chi connectivity index (χ2v) is 6.21. The Morgan fingerprint density at radius 2 is 2.14 bits per heavy atom. The number of aryl methyl sites for hydroxylation is 1. The number of benzene rings is 1. The molecule has 0 saturated heterocycles. The largest absolute Gasteiger partial charge is 0.481 e. The fourth-order valence-electron chi connectivity index (χ4n) is 3.75. The van der Waals surface area contributed by atoms with Gasteiger partial charge in [0.2, 0.25) is 5.91 Å². The van der Waals surface area contributed by atoms with E-state index >= 15 is 0 Å². The molecule has 0 bridgehead atoms. The second kappa shape index (κ2) is 5.51. The van der Waals surface area contributed by atoms with Gasteiger partial charge in [0.05, 0.1) is 0 Å². The van der Waals surface area contributed by atoms with Gasteiger partial charge in [0.25, 0.3) is 0 Å². The first-order valence-electron chi connectivity index (χ1n) is 7.71. The highest BCUT2D eigenvalue weighted by molar-refractivity contribution is 5.84. The van der Waals surface area contributed by atoms with Gasteiger partial charge < -0.3 is 10.4 Å². The molecule has 0 heterocycles. The fourth-order valence-corrected chi connectivity index (χ4v) is 3.75. The van der Waals surface area contributed by atoms with Crippen LogP contribution in [0.5, 0.6) is 0 Å². The Labute approximate surface area is 124 Å². The summed E-state index contributed by atoms with van der Waals surface area (Å²) >= 11 is 0. The van der Waals surface area contributed by atoms with Crippen molar-refractivity contribution in [3.05, 3.63) is 35.4 Å². The fraction of sp³-hybridized carbons (Fsp3) is 0.529. The van der Waals surface area contributed by atoms with Crippen molar-refractivity contribution in [1.82, 2.24) is 5.32 Å². The molecular formula is C17H21NO3. The van der Waals surface area contributed by atoms with Crippen LogP contribution in [0.2, 0.25) is 0 Å². The van der Waals surface area contributed by atoms with Gasteiger partial charge in [-0.3, -0.25) is 9.59 Å². The molecule has 1 amide bonds. The minimum atomic E-state index is -0.812. The minimum absolute atomic E-state index is 0.0612. The zero-order chi connectivity index (χ0) is 14.9. The Kier molecular flexibility index (Phi) is 3.70. The summed E-state index contributed by atoms with van der Waals surface area (Å²) in [6, 6.07) is 8.48. The van der Waals surface area contributed by atoms with Crippen LogP contribution in [0.1, 0.15) is 43.2 Å². The molecule has 1 aromatic carbocycles. The van der Waals surface area contributed by atoms with E-state index in [2.05, 4.69) is 29.6 Å². The first kappa shape index (κ1) is 14.1. The highest BCUT2D eigenvalue weighted by Crippen LogP contribution is 2.60. The summed E-state index contributed by atoms with van der Waals surface area (Å²) in [5.74, 6) is -0.644. The lowest BCUT2D eigenvalue weighted by Gasteiger charge is -2.26. The number of carboxylic acid groups (broad SMARTS) is 1. The molecule has 0 aliphatic heterocycles. The van der Waals surface area contributed by atoms with Crippen molar-refractivity contribution in [2.24, 2.45) is 5.92 Å². The molecule has 4 heteroatoms. The SMILES string of the molecule is O=C(O)CCCNC(=O)[C@@H]1C[C@@]12CCCc1ccccc12. The first-order chi connectivity index (χ1) is 10.1. The summed E-state index contributed by atoms with van der Waals surface area (Å²) in [7, 11) is 0. The average molecular weight is 287 g/mol. The van der Waals surface area contributed by atoms with Gasteiger partial charge in [0, 0.05) is 24.3 Å². The summed E-state index contributed by atoms with van der Waals surface area (Å²) < 4.78 is 0. The number of rotatable bonds is 5. The Morgan fingerprint density at radius 3 is 2.95 bits per heavy atom. The van der Waals surface area contributed by atoms with Crippen LogP contribution >= 0.6 is 0 Å². The van der Waals surface area contributed by atoms with Crippen molar-refractivity contribution in [1.29, 1.82) is 0 Å². The van der Waals surface area contributed by atoms with Crippen LogP contribution in [0.25, 0.3) is 0 Å². The molecular weight excluding hydrogens is 266 g/mol. The molecule has 2 aliphatic carbocycles. The first-order valence-corrected chi connectivity index (χ1v) is 7.71. The summed E-state index contributed by atoms with van der Waals surface area (Å²) in [6.07, 6.45) is 4.91. The van der Waals surface area contributed by atoms with Crippen molar-refractivity contribution >= 4 is 11.9 Å². The summed E-state index contributed by atoms with van der Waals surface area (Å²) in [6.45, 7) is 0.458. The highest BCUT2D eigenvalue weighted by atomic mass is 16.4. The van der Waals surface area contributed by atoms with E-state index in [1.807, 2.05) is 0 Å². The number of fused-ring (bicyclic) bond motifs is 2. The van der Waals surface area contributed by atoms with Crippen molar-refractivity contribution in [3.8, 4) is 0 Å². The number of hydrogen-bond acceptors (Lipinski definition) is 2. The number of nitrogens with one attached hydrogen (secondary N) is 1. The number of aliphatic carboxylic acids is 1. The lowest BCUT2D eigenvalue weighted by Crippen LogP contribution is -2.31. The molecule has 1 spiro atoms. The van der Waals surface area contributed by atoms with Crippen LogP contribution in [-0.4, -0.2) is 23.5 Å². The smallest absolute Gasteiger partial charge is 0.303 e. The van der Waals surface area contributed by atoms with Gasteiger partial charge in [0.1, 0.15) is 0 Å². The Morgan fingerprint density at radius 1 is 1.33 bits per heavy atom. The molecule has 1 fully saturated rings. The molecule has 0 unspecified atom stereocenters. The quantitative estimate of drug-likeness (QED) is 0.816. The molecule has 4 nitrogen and oxygen atoms in total. The van der Waals surface area contributed by atoms with Crippen LogP contribution in [0.4, 0.5) is 0 Å². The standard InChI is InChI=1S/C17H21NO3/c19-15(20)8-4-10-18-16(21)14-11-17(14)9-3-6-12-5-1-2-7-13(12)17/h1-2,5,7,14H,3-4,6,8-11H2,(H,18,21)(H,19,20)/t14-,17+/m0/s1. The predicted molar refractivity (Wildman–Crippen MR) is 79.0 cm³/mol. The normalized spacial score (nSPS) is 26.2. The van der Waals surface area contributed by atoms with Crippen LogP contribution in [0, 0.1) is 5.92 Å². The van der Waals surface area contributed by atoms with Gasteiger partial charge in [-0.05, 0) is 43.2 Å². The van der Waals surface area contributed by atoms with Crippen molar-refractivity contribution in [3.63, 3.8) is 0 Å². The lowest BCUT2D eigenvalue weighted by atomic mass is 9.78. The van der Waals surface area contributed by atoms with Gasteiger partial charge in [-0.1, -0.05) is 24.3 Å². The van der Waals surface area contributed by atoms with E-state index in [9.17, 15) is 9.59 Å². The molecule has 2 aliphatic rings. The molecule has 2 atom stereocenters. The third kappa shape index (κ3) is 2.67. The van der Waals surface area contributed by atoms with E-state index in [-0.39, 0.29) is 23.7 Å². The second-order valence-electron chi connectivity index (χ2n) is 6.21. The maximum absolute atomic E-state index is 12.3. The van der Waals surface area contributed by atoms with Crippen LogP contribution < -0.4 is 5.32 Å². The van der Waals surface area contributed by atoms with E-state index < -0.39 is 5.97 Å². The van der Waals surface area contributed by atoms with E-state index in [0.29, 0.717) is 13.0 Å². The maximum atomic E-state index is 12.3. The summed E-state index contributed by atoms with van der Waals surface area (Å²) in [5, 5.41) is 11.5. The molecule has 112 valence electrons. The Hall–Kier alpha value is -1.84. The Balaban J connectivity index is 1.61. The average Bonchev–Trinajstić information content (AvgIpc) is 3.19. The molecule has 1 saturated carbocycles. The maximum Gasteiger partial charge on any atom is 0.303 e. The van der Waals surface area contributed by atoms with E-state index in [1.165, 1.54) is 11.1 Å². The van der Waals surface area contributed by atoms with E-state index in [0.717, 1.165) is 25.7 Å². The molecule has 2 N–H and O–H groups in total. The monoisotopic (exact) mass is 287 g/mol. The molecule has 3 rings (SSSR count). The van der Waals surface area contributed by atoms with Crippen LogP contribution in [0.3, 0.4) is 0 Å². The topological polar surface area (TPSA) is 66.4 Å². The number of carbonyl (C=O) groups excluding carboxylic acids is 1. The summed E-state index contributed by atoms with van der Waals surface area (Å²) in [5.41, 5.74) is 2.82. The van der Waals surface area contributed by atoms with Crippen LogP contribution in [0.15, 0.2) is 24.3 Å². The molecule has 21 heavy (non-hydrogen) atoms. The third-order valence-corrected chi connectivity index (χ3v) is 4.88. The number of carboxylic acids is 1. The number of hydrogen-bond donors (Lipinski definition) is 2. The zero-order valence-corrected chi connectivity index (χ0v) is 12.1. The van der Waals surface area contributed by atoms with Gasteiger partial charge in [-0.25, -0.2) is 0 Å². The van der Waals surface area contributed by atoms with Gasteiger partial charge >= 0.3 is 5.97 Å². The lowest BCUT2D eigenvalue weighted by molar-refractivity contribution is -0.137. The number of carbonyl (C=O) groups is 2. The van der Waals surface area contributed by atoms with E-state index in [1.54, 1.807) is 0 Å². The van der Waals surface area contributed by atoms with Gasteiger partial charge in [0.15, 0.2) is 0 Å². The number of amides is 1. The van der Waals surface area contributed by atoms with Crippen molar-refractivity contribution in [2.75, 3.05) is 6.54 Å². The van der Waals surface area contributed by atoms with Crippen LogP contribution in [-0.2, 0) is 21.4 Å².